The minimum absolute atomic E-state index is 0.0309. The lowest BCUT2D eigenvalue weighted by Crippen LogP contribution is -2.39. The number of aromatic nitrogens is 3. The van der Waals surface area contributed by atoms with Crippen molar-refractivity contribution in [2.24, 2.45) is 0 Å². The third-order valence-electron chi connectivity index (χ3n) is 3.05. The number of carbonyl (C=O) groups is 2. The number of hydrogen-bond acceptors (Lipinski definition) is 5. The minimum atomic E-state index is -0.377. The summed E-state index contributed by atoms with van der Waals surface area (Å²) in [6, 6.07) is 1.64. The summed E-state index contributed by atoms with van der Waals surface area (Å²) in [6.45, 7) is 6.21. The van der Waals surface area contributed by atoms with E-state index in [1.807, 2.05) is 20.8 Å². The molecule has 0 saturated carbocycles. The first-order valence-electron chi connectivity index (χ1n) is 7.11. The van der Waals surface area contributed by atoms with Crippen molar-refractivity contribution in [3.05, 3.63) is 17.8 Å². The maximum absolute atomic E-state index is 12.0. The fourth-order valence-electron chi connectivity index (χ4n) is 2.10. The Morgan fingerprint density at radius 1 is 1.41 bits per heavy atom. The van der Waals surface area contributed by atoms with Crippen LogP contribution in [0, 0.1) is 0 Å². The average molecular weight is 304 g/mol. The number of nitrogens with zero attached hydrogens (tertiary/aromatic N) is 3. The van der Waals surface area contributed by atoms with Crippen molar-refractivity contribution < 1.29 is 9.59 Å². The Kier molecular flexibility index (Phi) is 4.59. The molecule has 0 unspecified atom stereocenters. The smallest absolute Gasteiger partial charge is 0.253 e. The number of pyridine rings is 1. The summed E-state index contributed by atoms with van der Waals surface area (Å²) in [5.41, 5.74) is 7.32. The van der Waals surface area contributed by atoms with Crippen LogP contribution >= 0.6 is 0 Å². The third-order valence-corrected chi connectivity index (χ3v) is 3.05. The highest BCUT2D eigenvalue weighted by Gasteiger charge is 2.13. The molecule has 2 aromatic rings. The number of amides is 2. The molecule has 0 aliphatic rings. The third kappa shape index (κ3) is 3.33. The van der Waals surface area contributed by atoms with Gasteiger partial charge in [0.2, 0.25) is 11.9 Å². The summed E-state index contributed by atoms with van der Waals surface area (Å²) >= 11 is 0. The van der Waals surface area contributed by atoms with Crippen molar-refractivity contribution in [1.29, 1.82) is 0 Å². The van der Waals surface area contributed by atoms with Gasteiger partial charge in [0.1, 0.15) is 5.52 Å². The lowest BCUT2D eigenvalue weighted by molar-refractivity contribution is -0.120. The average Bonchev–Trinajstić information content (AvgIpc) is 2.78. The first-order valence-corrected chi connectivity index (χ1v) is 7.11. The van der Waals surface area contributed by atoms with Gasteiger partial charge in [-0.1, -0.05) is 0 Å². The van der Waals surface area contributed by atoms with Gasteiger partial charge in [0.05, 0.1) is 12.1 Å². The number of anilines is 1. The topological polar surface area (TPSA) is 115 Å². The maximum atomic E-state index is 12.0. The minimum Gasteiger partial charge on any atom is -0.369 e. The van der Waals surface area contributed by atoms with Gasteiger partial charge in [0.15, 0.2) is 5.65 Å². The Labute approximate surface area is 128 Å². The number of hydrogen-bond donors (Lipinski definition) is 3. The number of rotatable bonds is 5. The molecule has 0 fully saturated rings. The summed E-state index contributed by atoms with van der Waals surface area (Å²) in [6.07, 6.45) is 1.45. The number of imidazole rings is 1. The number of nitrogen functional groups attached to an aromatic ring is 1. The molecular formula is C14H20N6O2. The summed E-state index contributed by atoms with van der Waals surface area (Å²) in [5.74, 6) is -0.256. The number of aryl methyl sites for hydroxylation is 1. The number of fused-ring (bicyclic) bond motifs is 1. The second-order valence-electron chi connectivity index (χ2n) is 5.19. The molecule has 0 aliphatic carbocycles. The number of carbonyl (C=O) groups excluding carboxylic acids is 2. The van der Waals surface area contributed by atoms with Crippen LogP contribution in [0.15, 0.2) is 12.3 Å². The van der Waals surface area contributed by atoms with Gasteiger partial charge in [0, 0.05) is 18.8 Å². The van der Waals surface area contributed by atoms with E-state index < -0.39 is 0 Å². The van der Waals surface area contributed by atoms with E-state index in [-0.39, 0.29) is 24.4 Å². The zero-order valence-electron chi connectivity index (χ0n) is 12.9. The summed E-state index contributed by atoms with van der Waals surface area (Å²) in [5, 5.41) is 5.24. The van der Waals surface area contributed by atoms with E-state index in [0.717, 1.165) is 0 Å². The first-order chi connectivity index (χ1) is 10.4. The predicted molar refractivity (Wildman–Crippen MR) is 83.2 cm³/mol. The van der Waals surface area contributed by atoms with Crippen LogP contribution in [0.5, 0.6) is 0 Å². The van der Waals surface area contributed by atoms with Gasteiger partial charge in [-0.3, -0.25) is 14.2 Å². The molecule has 0 aromatic carbocycles. The lowest BCUT2D eigenvalue weighted by Gasteiger charge is -2.09. The van der Waals surface area contributed by atoms with Gasteiger partial charge >= 0.3 is 0 Å². The molecule has 0 atom stereocenters. The van der Waals surface area contributed by atoms with Crippen molar-refractivity contribution in [3.63, 3.8) is 0 Å². The van der Waals surface area contributed by atoms with Crippen molar-refractivity contribution in [3.8, 4) is 0 Å². The quantitative estimate of drug-likeness (QED) is 0.734. The number of nitrogens with one attached hydrogen (secondary N) is 2. The largest absolute Gasteiger partial charge is 0.369 e. The van der Waals surface area contributed by atoms with Crippen LogP contribution in [0.25, 0.3) is 11.2 Å². The molecule has 0 radical (unpaired) electrons. The van der Waals surface area contributed by atoms with Crippen molar-refractivity contribution in [2.75, 3.05) is 12.3 Å². The maximum Gasteiger partial charge on any atom is 0.253 e. The van der Waals surface area contributed by atoms with Crippen LogP contribution in [0.1, 0.15) is 31.1 Å². The highest BCUT2D eigenvalue weighted by molar-refractivity contribution is 5.98. The van der Waals surface area contributed by atoms with Crippen molar-refractivity contribution in [2.45, 2.75) is 33.4 Å². The van der Waals surface area contributed by atoms with Gasteiger partial charge in [-0.2, -0.15) is 0 Å². The van der Waals surface area contributed by atoms with Crippen LogP contribution < -0.4 is 16.4 Å². The Morgan fingerprint density at radius 3 is 2.77 bits per heavy atom. The standard InChI is InChI=1S/C14H20N6O2/c1-4-20-12-10(19-14(20)15)5-9(6-16-12)13(22)17-7-11(21)18-8(2)3/h5-6,8H,4,7H2,1-3H3,(H2,15,19)(H,17,22)(H,18,21). The second kappa shape index (κ2) is 6.42. The first kappa shape index (κ1) is 15.7. The van der Waals surface area contributed by atoms with E-state index in [4.69, 9.17) is 5.73 Å². The zero-order valence-corrected chi connectivity index (χ0v) is 12.9. The molecule has 2 rings (SSSR count). The molecule has 0 spiro atoms. The normalized spacial score (nSPS) is 10.9. The molecule has 0 saturated heterocycles. The fourth-order valence-corrected chi connectivity index (χ4v) is 2.10. The fraction of sp³-hybridized carbons (Fsp3) is 0.429. The molecular weight excluding hydrogens is 284 g/mol. The van der Waals surface area contributed by atoms with Crippen molar-refractivity contribution in [1.82, 2.24) is 25.2 Å². The van der Waals surface area contributed by atoms with Gasteiger partial charge in [-0.15, -0.1) is 0 Å². The summed E-state index contributed by atoms with van der Waals surface area (Å²) in [4.78, 5) is 32.0. The molecule has 22 heavy (non-hydrogen) atoms. The van der Waals surface area contributed by atoms with Gasteiger partial charge < -0.3 is 16.4 Å². The van der Waals surface area contributed by atoms with Gasteiger partial charge in [-0.05, 0) is 26.8 Å². The van der Waals surface area contributed by atoms with E-state index >= 15 is 0 Å². The highest BCUT2D eigenvalue weighted by atomic mass is 16.2. The van der Waals surface area contributed by atoms with E-state index in [0.29, 0.717) is 29.2 Å². The van der Waals surface area contributed by atoms with Crippen molar-refractivity contribution >= 4 is 28.9 Å². The lowest BCUT2D eigenvalue weighted by atomic mass is 10.2. The molecule has 2 amide bonds. The molecule has 2 heterocycles. The van der Waals surface area contributed by atoms with E-state index in [9.17, 15) is 9.59 Å². The SMILES string of the molecule is CCn1c(N)nc2cc(C(=O)NCC(=O)NC(C)C)cnc21. The molecule has 8 nitrogen and oxygen atoms in total. The molecule has 2 aromatic heterocycles. The van der Waals surface area contributed by atoms with Crippen LogP contribution in [0.2, 0.25) is 0 Å². The van der Waals surface area contributed by atoms with Crippen LogP contribution in [-0.2, 0) is 11.3 Å². The summed E-state index contributed by atoms with van der Waals surface area (Å²) in [7, 11) is 0. The van der Waals surface area contributed by atoms with Crippen LogP contribution in [-0.4, -0.2) is 38.9 Å². The Morgan fingerprint density at radius 2 is 2.14 bits per heavy atom. The molecule has 0 bridgehead atoms. The highest BCUT2D eigenvalue weighted by Crippen LogP contribution is 2.16. The van der Waals surface area contributed by atoms with Crippen LogP contribution in [0.3, 0.4) is 0 Å². The Bertz CT molecular complexity index is 707. The summed E-state index contributed by atoms with van der Waals surface area (Å²) < 4.78 is 1.76. The van der Waals surface area contributed by atoms with E-state index in [1.54, 1.807) is 10.6 Å². The molecule has 8 heteroatoms. The number of nitrogens with two attached hydrogens (primary N) is 1. The van der Waals surface area contributed by atoms with Crippen LogP contribution in [0.4, 0.5) is 5.95 Å². The monoisotopic (exact) mass is 304 g/mol. The molecule has 0 aliphatic heterocycles. The van der Waals surface area contributed by atoms with E-state index in [1.165, 1.54) is 6.20 Å². The Hall–Kier alpha value is -2.64. The van der Waals surface area contributed by atoms with Gasteiger partial charge in [0.25, 0.3) is 5.91 Å². The van der Waals surface area contributed by atoms with E-state index in [2.05, 4.69) is 20.6 Å². The second-order valence-corrected chi connectivity index (χ2v) is 5.19. The molecule has 4 N–H and O–H groups in total. The Balaban J connectivity index is 2.10. The zero-order chi connectivity index (χ0) is 16.3. The van der Waals surface area contributed by atoms with Gasteiger partial charge in [-0.25, -0.2) is 9.97 Å². The predicted octanol–water partition coefficient (Wildman–Crippen LogP) is 0.288. The molecule has 118 valence electrons.